The quantitative estimate of drug-likeness (QED) is 0.702. The van der Waals surface area contributed by atoms with Crippen LogP contribution in [-0.4, -0.2) is 17.0 Å². The smallest absolute Gasteiger partial charge is 0.132 e. The Kier molecular flexibility index (Phi) is 4.88. The summed E-state index contributed by atoms with van der Waals surface area (Å²) in [6.45, 7) is 1.89. The number of ketones is 1. The maximum atomic E-state index is 11.0. The zero-order chi connectivity index (χ0) is 10.4. The van der Waals surface area contributed by atoms with Crippen LogP contribution in [0.15, 0.2) is 11.6 Å². The average Bonchev–Trinajstić information content (AvgIpc) is 2.20. The Morgan fingerprint density at radius 2 is 2.36 bits per heavy atom. The molecule has 1 aliphatic carbocycles. The zero-order valence-corrected chi connectivity index (χ0v) is 8.96. The van der Waals surface area contributed by atoms with Crippen molar-refractivity contribution in [2.75, 3.05) is 0 Å². The van der Waals surface area contributed by atoms with Gasteiger partial charge in [0.15, 0.2) is 0 Å². The van der Waals surface area contributed by atoms with Gasteiger partial charge in [0, 0.05) is 12.8 Å². The first-order valence-electron chi connectivity index (χ1n) is 5.62. The molecule has 0 spiro atoms. The van der Waals surface area contributed by atoms with E-state index in [0.717, 1.165) is 31.3 Å². The van der Waals surface area contributed by atoms with Gasteiger partial charge in [-0.1, -0.05) is 19.4 Å². The van der Waals surface area contributed by atoms with E-state index in [-0.39, 0.29) is 6.10 Å². The molecule has 0 heterocycles. The Bertz CT molecular complexity index is 218. The Hall–Kier alpha value is -0.630. The predicted molar refractivity (Wildman–Crippen MR) is 57.1 cm³/mol. The molecule has 1 aliphatic rings. The normalized spacial score (nSPS) is 25.3. The highest BCUT2D eigenvalue weighted by Crippen LogP contribution is 2.24. The van der Waals surface area contributed by atoms with Gasteiger partial charge in [0.05, 0.1) is 6.10 Å². The number of aliphatic hydroxyl groups is 1. The second kappa shape index (κ2) is 5.97. The van der Waals surface area contributed by atoms with Crippen molar-refractivity contribution < 1.29 is 9.90 Å². The van der Waals surface area contributed by atoms with E-state index in [1.165, 1.54) is 6.42 Å². The number of allylic oxidation sites excluding steroid dienone is 1. The lowest BCUT2D eigenvalue weighted by Crippen LogP contribution is -2.14. The third-order valence-electron chi connectivity index (χ3n) is 2.85. The molecule has 0 aliphatic heterocycles. The molecule has 1 N–H and O–H groups in total. The molecule has 1 fully saturated rings. The lowest BCUT2D eigenvalue weighted by molar-refractivity contribution is -0.118. The zero-order valence-electron chi connectivity index (χ0n) is 8.96. The van der Waals surface area contributed by atoms with Gasteiger partial charge in [0.1, 0.15) is 5.78 Å². The fraction of sp³-hybridized carbons (Fsp3) is 0.750. The van der Waals surface area contributed by atoms with Crippen molar-refractivity contribution in [1.29, 1.82) is 0 Å². The largest absolute Gasteiger partial charge is 0.389 e. The summed E-state index contributed by atoms with van der Waals surface area (Å²) in [6.07, 6.45) is 8.13. The van der Waals surface area contributed by atoms with Crippen LogP contribution in [0.1, 0.15) is 51.9 Å². The molecular weight excluding hydrogens is 176 g/mol. The number of aliphatic hydroxyl groups excluding tert-OH is 1. The lowest BCUT2D eigenvalue weighted by atomic mass is 9.91. The second-order valence-electron chi connectivity index (χ2n) is 3.97. The molecule has 80 valence electrons. The number of carbonyl (C=O) groups is 1. The Balaban J connectivity index is 2.31. The van der Waals surface area contributed by atoms with E-state index < -0.39 is 0 Å². The van der Waals surface area contributed by atoms with Gasteiger partial charge in [-0.15, -0.1) is 0 Å². The summed E-state index contributed by atoms with van der Waals surface area (Å²) >= 11 is 0. The molecule has 1 saturated carbocycles. The molecule has 14 heavy (non-hydrogen) atoms. The highest BCUT2D eigenvalue weighted by Gasteiger charge is 2.14. The first-order chi connectivity index (χ1) is 6.74. The molecule has 0 saturated heterocycles. The van der Waals surface area contributed by atoms with E-state index >= 15 is 0 Å². The highest BCUT2D eigenvalue weighted by atomic mass is 16.3. The van der Waals surface area contributed by atoms with Crippen LogP contribution in [0.4, 0.5) is 0 Å². The van der Waals surface area contributed by atoms with Crippen molar-refractivity contribution in [2.24, 2.45) is 0 Å². The van der Waals surface area contributed by atoms with Crippen molar-refractivity contribution in [2.45, 2.75) is 58.0 Å². The average molecular weight is 196 g/mol. The SMILES string of the molecule is CCC(=O)CC/C=C1/CCCCC1O. The molecule has 0 aromatic heterocycles. The Labute approximate surface area is 86.0 Å². The summed E-state index contributed by atoms with van der Waals surface area (Å²) in [5.41, 5.74) is 1.15. The standard InChI is InChI=1S/C12H20O2/c1-2-11(13)8-5-7-10-6-3-4-9-12(10)14/h7,12,14H,2-6,8-9H2,1H3/b10-7-. The topological polar surface area (TPSA) is 37.3 Å². The number of hydrogen-bond donors (Lipinski definition) is 1. The number of carbonyl (C=O) groups excluding carboxylic acids is 1. The van der Waals surface area contributed by atoms with Crippen LogP contribution >= 0.6 is 0 Å². The molecule has 2 nitrogen and oxygen atoms in total. The predicted octanol–water partition coefficient (Wildman–Crippen LogP) is 2.61. The molecule has 1 atom stereocenters. The van der Waals surface area contributed by atoms with Crippen LogP contribution in [-0.2, 0) is 4.79 Å². The molecular formula is C12H20O2. The molecule has 1 rings (SSSR count). The molecule has 2 heteroatoms. The van der Waals surface area contributed by atoms with Crippen LogP contribution in [0.25, 0.3) is 0 Å². The van der Waals surface area contributed by atoms with Gasteiger partial charge in [-0.2, -0.15) is 0 Å². The fourth-order valence-corrected chi connectivity index (χ4v) is 1.85. The van der Waals surface area contributed by atoms with Gasteiger partial charge in [0.2, 0.25) is 0 Å². The summed E-state index contributed by atoms with van der Waals surface area (Å²) in [7, 11) is 0. The molecule has 0 radical (unpaired) electrons. The molecule has 0 bridgehead atoms. The van der Waals surface area contributed by atoms with Crippen LogP contribution in [0.2, 0.25) is 0 Å². The number of rotatable bonds is 4. The van der Waals surface area contributed by atoms with Crippen LogP contribution in [0, 0.1) is 0 Å². The van der Waals surface area contributed by atoms with Gasteiger partial charge < -0.3 is 5.11 Å². The molecule has 0 amide bonds. The summed E-state index contributed by atoms with van der Waals surface area (Å²) in [4.78, 5) is 11.0. The minimum absolute atomic E-state index is 0.236. The van der Waals surface area contributed by atoms with E-state index in [1.54, 1.807) is 0 Å². The van der Waals surface area contributed by atoms with E-state index in [9.17, 15) is 9.90 Å². The van der Waals surface area contributed by atoms with E-state index in [0.29, 0.717) is 18.6 Å². The van der Waals surface area contributed by atoms with Gasteiger partial charge in [0.25, 0.3) is 0 Å². The van der Waals surface area contributed by atoms with E-state index in [2.05, 4.69) is 6.08 Å². The summed E-state index contributed by atoms with van der Waals surface area (Å²) < 4.78 is 0. The van der Waals surface area contributed by atoms with Crippen molar-refractivity contribution >= 4 is 5.78 Å². The van der Waals surface area contributed by atoms with Crippen molar-refractivity contribution in [3.63, 3.8) is 0 Å². The van der Waals surface area contributed by atoms with Gasteiger partial charge in [-0.05, 0) is 31.3 Å². The minimum Gasteiger partial charge on any atom is -0.389 e. The first kappa shape index (κ1) is 11.4. The maximum absolute atomic E-state index is 11.0. The van der Waals surface area contributed by atoms with Gasteiger partial charge >= 0.3 is 0 Å². The van der Waals surface area contributed by atoms with Crippen LogP contribution < -0.4 is 0 Å². The number of hydrogen-bond acceptors (Lipinski definition) is 2. The third-order valence-corrected chi connectivity index (χ3v) is 2.85. The molecule has 0 aromatic rings. The molecule has 1 unspecified atom stereocenters. The lowest BCUT2D eigenvalue weighted by Gasteiger charge is -2.20. The highest BCUT2D eigenvalue weighted by molar-refractivity contribution is 5.78. The van der Waals surface area contributed by atoms with Crippen molar-refractivity contribution in [3.05, 3.63) is 11.6 Å². The van der Waals surface area contributed by atoms with E-state index in [4.69, 9.17) is 0 Å². The number of Topliss-reactive ketones (excluding diaryl/α,β-unsaturated/α-hetero) is 1. The van der Waals surface area contributed by atoms with E-state index in [1.807, 2.05) is 6.92 Å². The first-order valence-corrected chi connectivity index (χ1v) is 5.62. The van der Waals surface area contributed by atoms with Crippen molar-refractivity contribution in [1.82, 2.24) is 0 Å². The van der Waals surface area contributed by atoms with Crippen LogP contribution in [0.3, 0.4) is 0 Å². The summed E-state index contributed by atoms with van der Waals surface area (Å²) in [6, 6.07) is 0. The summed E-state index contributed by atoms with van der Waals surface area (Å²) in [5.74, 6) is 0.312. The van der Waals surface area contributed by atoms with Crippen molar-refractivity contribution in [3.8, 4) is 0 Å². The molecule has 0 aromatic carbocycles. The van der Waals surface area contributed by atoms with Gasteiger partial charge in [-0.25, -0.2) is 0 Å². The van der Waals surface area contributed by atoms with Crippen LogP contribution in [0.5, 0.6) is 0 Å². The Morgan fingerprint density at radius 1 is 1.57 bits per heavy atom. The van der Waals surface area contributed by atoms with Gasteiger partial charge in [-0.3, -0.25) is 4.79 Å². The monoisotopic (exact) mass is 196 g/mol. The second-order valence-corrected chi connectivity index (χ2v) is 3.97. The maximum Gasteiger partial charge on any atom is 0.132 e. The third kappa shape index (κ3) is 3.62. The summed E-state index contributed by atoms with van der Waals surface area (Å²) in [5, 5.41) is 9.64. The Morgan fingerprint density at radius 3 is 3.00 bits per heavy atom. The fourth-order valence-electron chi connectivity index (χ4n) is 1.85. The minimum atomic E-state index is -0.236.